The van der Waals surface area contributed by atoms with Crippen molar-refractivity contribution < 1.29 is 13.2 Å². The molecule has 0 saturated carbocycles. The van der Waals surface area contributed by atoms with Crippen LogP contribution in [0.15, 0.2) is 94.6 Å². The van der Waals surface area contributed by atoms with E-state index in [0.29, 0.717) is 27.6 Å². The van der Waals surface area contributed by atoms with Crippen molar-refractivity contribution >= 4 is 31.6 Å². The van der Waals surface area contributed by atoms with Crippen molar-refractivity contribution in [3.63, 3.8) is 0 Å². The Balaban J connectivity index is 1.45. The van der Waals surface area contributed by atoms with Gasteiger partial charge >= 0.3 is 0 Å². The molecule has 0 amide bonds. The second-order valence-corrected chi connectivity index (χ2v) is 8.49. The molecule has 4 rings (SSSR count). The molecule has 0 spiro atoms. The monoisotopic (exact) mass is 470 g/mol. The number of nitrogens with one attached hydrogen (secondary N) is 1. The number of hydrogen-bond acceptors (Lipinski definition) is 5. The Labute approximate surface area is 176 Å². The van der Waals surface area contributed by atoms with Crippen LogP contribution in [0.3, 0.4) is 0 Å². The van der Waals surface area contributed by atoms with E-state index in [4.69, 9.17) is 4.74 Å². The fourth-order valence-corrected chi connectivity index (χ4v) is 4.64. The van der Waals surface area contributed by atoms with Gasteiger partial charge in [-0.2, -0.15) is 0 Å². The van der Waals surface area contributed by atoms with Crippen molar-refractivity contribution in [3.8, 4) is 17.4 Å². The van der Waals surface area contributed by atoms with E-state index in [1.165, 1.54) is 6.07 Å². The topological polar surface area (TPSA) is 86.1 Å². The Morgan fingerprint density at radius 3 is 2.24 bits per heavy atom. The van der Waals surface area contributed by atoms with E-state index in [1.54, 1.807) is 54.6 Å². The predicted molar refractivity (Wildman–Crippen MR) is 113 cm³/mol. The van der Waals surface area contributed by atoms with Crippen molar-refractivity contribution in [1.82, 2.24) is 14.8 Å². The molecular formula is C20H15BrN4O3S. The first-order valence-corrected chi connectivity index (χ1v) is 10.8. The summed E-state index contributed by atoms with van der Waals surface area (Å²) in [6, 6.07) is 20.5. The normalized spacial score (nSPS) is 11.2. The molecule has 2 heterocycles. The lowest BCUT2D eigenvalue weighted by molar-refractivity contribution is 0.454. The van der Waals surface area contributed by atoms with Crippen LogP contribution in [0, 0.1) is 0 Å². The fraction of sp³-hybridized carbons (Fsp3) is 0. The maximum atomic E-state index is 12.5. The molecule has 29 heavy (non-hydrogen) atoms. The van der Waals surface area contributed by atoms with Crippen molar-refractivity contribution in [2.75, 3.05) is 4.72 Å². The van der Waals surface area contributed by atoms with E-state index in [1.807, 2.05) is 29.1 Å². The van der Waals surface area contributed by atoms with Crippen LogP contribution in [0.4, 0.5) is 5.69 Å². The third kappa shape index (κ3) is 4.47. The highest BCUT2D eigenvalue weighted by Gasteiger charge is 2.17. The van der Waals surface area contributed by atoms with Crippen molar-refractivity contribution in [2.24, 2.45) is 0 Å². The molecule has 9 heteroatoms. The summed E-state index contributed by atoms with van der Waals surface area (Å²) >= 11 is 3.26. The molecule has 2 aromatic carbocycles. The summed E-state index contributed by atoms with van der Waals surface area (Å²) in [5.74, 6) is 1.53. The summed E-state index contributed by atoms with van der Waals surface area (Å²) in [5, 5.41) is 8.17. The van der Waals surface area contributed by atoms with Gasteiger partial charge < -0.3 is 9.30 Å². The summed E-state index contributed by atoms with van der Waals surface area (Å²) < 4.78 is 35.6. The van der Waals surface area contributed by atoms with Crippen LogP contribution in [0.25, 0.3) is 5.82 Å². The van der Waals surface area contributed by atoms with Crippen LogP contribution in [-0.4, -0.2) is 23.2 Å². The molecule has 0 bridgehead atoms. The third-order valence-electron chi connectivity index (χ3n) is 3.95. The van der Waals surface area contributed by atoms with Crippen LogP contribution in [0.2, 0.25) is 0 Å². The van der Waals surface area contributed by atoms with Gasteiger partial charge in [-0.25, -0.2) is 8.42 Å². The first-order valence-electron chi connectivity index (χ1n) is 8.54. The van der Waals surface area contributed by atoms with Gasteiger partial charge in [0.25, 0.3) is 10.0 Å². The first-order chi connectivity index (χ1) is 14.0. The lowest BCUT2D eigenvalue weighted by Crippen LogP contribution is -2.13. The number of sulfonamides is 1. The highest BCUT2D eigenvalue weighted by atomic mass is 79.9. The molecule has 0 fully saturated rings. The number of benzene rings is 2. The van der Waals surface area contributed by atoms with Gasteiger partial charge in [0.05, 0.1) is 0 Å². The predicted octanol–water partition coefficient (Wildman–Crippen LogP) is 4.62. The standard InChI is InChI=1S/C20H15BrN4O3S/c21-17-5-1-2-6-18(17)29(26,27)24-15-7-9-16(10-8-15)28-20-12-11-19(22-23-20)25-13-3-4-14-25/h1-14,24H. The molecule has 7 nitrogen and oxygen atoms in total. The van der Waals surface area contributed by atoms with E-state index in [-0.39, 0.29) is 4.90 Å². The van der Waals surface area contributed by atoms with Crippen molar-refractivity contribution in [1.29, 1.82) is 0 Å². The smallest absolute Gasteiger partial charge is 0.263 e. The van der Waals surface area contributed by atoms with E-state index in [0.717, 1.165) is 0 Å². The van der Waals surface area contributed by atoms with E-state index >= 15 is 0 Å². The summed E-state index contributed by atoms with van der Waals surface area (Å²) in [4.78, 5) is 0.165. The van der Waals surface area contributed by atoms with Crippen LogP contribution < -0.4 is 9.46 Å². The summed E-state index contributed by atoms with van der Waals surface area (Å²) in [6.07, 6.45) is 3.75. The Morgan fingerprint density at radius 1 is 0.862 bits per heavy atom. The average molecular weight is 471 g/mol. The highest BCUT2D eigenvalue weighted by molar-refractivity contribution is 9.10. The Kier molecular flexibility index (Phi) is 5.32. The molecule has 0 aliphatic rings. The lowest BCUT2D eigenvalue weighted by atomic mass is 10.3. The fourth-order valence-electron chi connectivity index (χ4n) is 2.58. The zero-order chi connectivity index (χ0) is 20.3. The second-order valence-electron chi connectivity index (χ2n) is 5.98. The minimum absolute atomic E-state index is 0.165. The van der Waals surface area contributed by atoms with Gasteiger partial charge in [-0.05, 0) is 70.5 Å². The number of hydrogen-bond donors (Lipinski definition) is 1. The first kappa shape index (κ1) is 19.2. The maximum absolute atomic E-state index is 12.5. The van der Waals surface area contributed by atoms with Crippen LogP contribution >= 0.6 is 15.9 Å². The number of ether oxygens (including phenoxy) is 1. The Hall–Kier alpha value is -3.17. The quantitative estimate of drug-likeness (QED) is 0.444. The maximum Gasteiger partial charge on any atom is 0.263 e. The van der Waals surface area contributed by atoms with Crippen molar-refractivity contribution in [3.05, 3.63) is 89.7 Å². The van der Waals surface area contributed by atoms with Gasteiger partial charge in [-0.15, -0.1) is 10.2 Å². The average Bonchev–Trinajstić information content (AvgIpc) is 3.25. The van der Waals surface area contributed by atoms with E-state index in [9.17, 15) is 8.42 Å². The molecule has 0 unspecified atom stereocenters. The lowest BCUT2D eigenvalue weighted by Gasteiger charge is -2.10. The van der Waals surface area contributed by atoms with Crippen molar-refractivity contribution in [2.45, 2.75) is 4.90 Å². The number of halogens is 1. The van der Waals surface area contributed by atoms with Crippen LogP contribution in [0.5, 0.6) is 11.6 Å². The molecule has 0 saturated heterocycles. The van der Waals surface area contributed by atoms with Crippen LogP contribution in [-0.2, 0) is 10.0 Å². The SMILES string of the molecule is O=S(=O)(Nc1ccc(Oc2ccc(-n3cccc3)nn2)cc1)c1ccccc1Br. The van der Waals surface area contributed by atoms with E-state index in [2.05, 4.69) is 30.8 Å². The van der Waals surface area contributed by atoms with Gasteiger partial charge in [-0.3, -0.25) is 4.72 Å². The molecule has 4 aromatic rings. The molecule has 1 N–H and O–H groups in total. The number of nitrogens with zero attached hydrogens (tertiary/aromatic N) is 3. The van der Waals surface area contributed by atoms with Gasteiger partial charge in [0.15, 0.2) is 5.82 Å². The third-order valence-corrected chi connectivity index (χ3v) is 6.34. The molecule has 0 atom stereocenters. The number of aromatic nitrogens is 3. The minimum Gasteiger partial charge on any atom is -0.438 e. The zero-order valence-corrected chi connectivity index (χ0v) is 17.3. The Morgan fingerprint density at radius 2 is 1.59 bits per heavy atom. The second kappa shape index (κ2) is 8.06. The van der Waals surface area contributed by atoms with Gasteiger partial charge in [0.2, 0.25) is 5.88 Å². The highest BCUT2D eigenvalue weighted by Crippen LogP contribution is 2.26. The summed E-state index contributed by atoms with van der Waals surface area (Å²) in [6.45, 7) is 0. The molecular weight excluding hydrogens is 456 g/mol. The molecule has 0 aliphatic carbocycles. The minimum atomic E-state index is -3.70. The molecule has 0 aliphatic heterocycles. The van der Waals surface area contributed by atoms with Crippen LogP contribution in [0.1, 0.15) is 0 Å². The van der Waals surface area contributed by atoms with Gasteiger partial charge in [0, 0.05) is 28.6 Å². The number of anilines is 1. The number of rotatable bonds is 6. The largest absolute Gasteiger partial charge is 0.438 e. The van der Waals surface area contributed by atoms with Gasteiger partial charge in [0.1, 0.15) is 10.6 Å². The molecule has 0 radical (unpaired) electrons. The Bertz CT molecular complexity index is 1210. The molecule has 146 valence electrons. The summed E-state index contributed by atoms with van der Waals surface area (Å²) in [5.41, 5.74) is 0.419. The summed E-state index contributed by atoms with van der Waals surface area (Å²) in [7, 11) is -3.70. The zero-order valence-electron chi connectivity index (χ0n) is 14.9. The molecule has 2 aromatic heterocycles. The van der Waals surface area contributed by atoms with E-state index < -0.39 is 10.0 Å². The van der Waals surface area contributed by atoms with Gasteiger partial charge in [-0.1, -0.05) is 12.1 Å².